The van der Waals surface area contributed by atoms with E-state index in [0.29, 0.717) is 15.2 Å². The van der Waals surface area contributed by atoms with Crippen molar-refractivity contribution in [3.63, 3.8) is 0 Å². The molecule has 0 aromatic heterocycles. The van der Waals surface area contributed by atoms with Crippen molar-refractivity contribution in [3.05, 3.63) is 0 Å². The molecule has 0 aromatic carbocycles. The molecule has 2 aliphatic heterocycles. The number of cyclic esters (lactones) is 1. The van der Waals surface area contributed by atoms with Gasteiger partial charge in [0.05, 0.1) is 5.92 Å². The average Bonchev–Trinajstić information content (AvgIpc) is 2.75. The number of esters is 1. The molecule has 6 unspecified atom stereocenters. The third-order valence-electron chi connectivity index (χ3n) is 5.70. The van der Waals surface area contributed by atoms with Gasteiger partial charge in [-0.1, -0.05) is 12.8 Å². The Morgan fingerprint density at radius 3 is 2.00 bits per heavy atom. The standard InChI is InChI=1S/C17H23NO3S3/c1-8(18)13-11-5-3-2-4-9-10(15(22)20-14(9)19)6-7-12(13)17(24)21-16(11)23/h8-13H,2-7,18H2,1H3. The fraction of sp³-hybridized carbons (Fsp3) is 0.765. The van der Waals surface area contributed by atoms with Gasteiger partial charge >= 0.3 is 5.97 Å². The van der Waals surface area contributed by atoms with Crippen LogP contribution >= 0.6 is 36.7 Å². The molecule has 2 bridgehead atoms. The fourth-order valence-electron chi connectivity index (χ4n) is 4.50. The van der Waals surface area contributed by atoms with E-state index in [1.807, 2.05) is 6.92 Å². The van der Waals surface area contributed by atoms with Gasteiger partial charge in [0, 0.05) is 23.8 Å². The zero-order valence-electron chi connectivity index (χ0n) is 13.7. The first kappa shape index (κ1) is 18.3. The minimum absolute atomic E-state index is 0.00876. The van der Waals surface area contributed by atoms with Gasteiger partial charge in [-0.15, -0.1) is 0 Å². The van der Waals surface area contributed by atoms with Crippen LogP contribution in [0.3, 0.4) is 0 Å². The summed E-state index contributed by atoms with van der Waals surface area (Å²) in [6, 6.07) is -0.00948. The van der Waals surface area contributed by atoms with E-state index in [1.165, 1.54) is 0 Å². The summed E-state index contributed by atoms with van der Waals surface area (Å²) in [6.45, 7) is 2.02. The zero-order valence-corrected chi connectivity index (χ0v) is 16.2. The van der Waals surface area contributed by atoms with Crippen LogP contribution in [-0.2, 0) is 14.3 Å². The van der Waals surface area contributed by atoms with Crippen molar-refractivity contribution < 1.29 is 14.3 Å². The van der Waals surface area contributed by atoms with Crippen LogP contribution in [-0.4, -0.2) is 27.2 Å². The maximum atomic E-state index is 12.1. The largest absolute Gasteiger partial charge is 0.443 e. The van der Waals surface area contributed by atoms with Crippen LogP contribution in [0.4, 0.5) is 0 Å². The third-order valence-corrected chi connectivity index (χ3v) is 6.86. The van der Waals surface area contributed by atoms with Crippen LogP contribution < -0.4 is 5.73 Å². The lowest BCUT2D eigenvalue weighted by atomic mass is 9.72. The lowest BCUT2D eigenvalue weighted by Gasteiger charge is -2.41. The molecular weight excluding hydrogens is 362 g/mol. The Bertz CT molecular complexity index is 577. The van der Waals surface area contributed by atoms with Crippen molar-refractivity contribution in [2.45, 2.75) is 51.5 Å². The Labute approximate surface area is 158 Å². The summed E-state index contributed by atoms with van der Waals surface area (Å²) in [4.78, 5) is 12.1. The van der Waals surface area contributed by atoms with Crippen LogP contribution in [0.1, 0.15) is 45.4 Å². The van der Waals surface area contributed by atoms with E-state index >= 15 is 0 Å². The molecule has 0 amide bonds. The molecule has 3 aliphatic rings. The first-order valence-corrected chi connectivity index (χ1v) is 9.89. The monoisotopic (exact) mass is 385 g/mol. The molecule has 6 atom stereocenters. The fourth-order valence-corrected chi connectivity index (χ4v) is 5.65. The van der Waals surface area contributed by atoms with E-state index in [4.69, 9.17) is 51.9 Å². The van der Waals surface area contributed by atoms with Crippen LogP contribution in [0.2, 0.25) is 0 Å². The molecule has 0 spiro atoms. The summed E-state index contributed by atoms with van der Waals surface area (Å²) in [6.07, 6.45) is 5.29. The van der Waals surface area contributed by atoms with Crippen LogP contribution in [0.25, 0.3) is 0 Å². The summed E-state index contributed by atoms with van der Waals surface area (Å²) < 4.78 is 11.0. The Morgan fingerprint density at radius 2 is 1.38 bits per heavy atom. The van der Waals surface area contributed by atoms with Crippen LogP contribution in [0.5, 0.6) is 0 Å². The second-order valence-electron chi connectivity index (χ2n) is 7.20. The second-order valence-corrected chi connectivity index (χ2v) is 8.41. The van der Waals surface area contributed by atoms with Crippen LogP contribution in [0, 0.1) is 29.6 Å². The van der Waals surface area contributed by atoms with Gasteiger partial charge < -0.3 is 15.2 Å². The number of ether oxygens (including phenoxy) is 2. The van der Waals surface area contributed by atoms with Crippen molar-refractivity contribution in [2.24, 2.45) is 35.3 Å². The van der Waals surface area contributed by atoms with Gasteiger partial charge in [-0.05, 0) is 75.2 Å². The van der Waals surface area contributed by atoms with Gasteiger partial charge in [-0.25, -0.2) is 0 Å². The molecule has 3 rings (SSSR count). The molecule has 2 N–H and O–H groups in total. The third kappa shape index (κ3) is 3.41. The number of carbonyl (C=O) groups is 1. The highest BCUT2D eigenvalue weighted by Gasteiger charge is 2.46. The molecule has 2 heterocycles. The zero-order chi connectivity index (χ0) is 17.4. The van der Waals surface area contributed by atoms with E-state index in [1.54, 1.807) is 0 Å². The number of hydrogen-bond acceptors (Lipinski definition) is 7. The summed E-state index contributed by atoms with van der Waals surface area (Å²) in [5.74, 6) is 0.176. The second kappa shape index (κ2) is 7.40. The van der Waals surface area contributed by atoms with Gasteiger partial charge in [0.1, 0.15) is 0 Å². The predicted octanol–water partition coefficient (Wildman–Crippen LogP) is 3.34. The molecular formula is C17H23NO3S3. The number of hydrogen-bond donors (Lipinski definition) is 1. The normalized spacial score (nSPS) is 38.7. The predicted molar refractivity (Wildman–Crippen MR) is 104 cm³/mol. The highest BCUT2D eigenvalue weighted by Crippen LogP contribution is 2.42. The number of carbonyl (C=O) groups excluding carboxylic acids is 1. The number of thiocarbonyl (C=S) groups is 3. The minimum atomic E-state index is -0.162. The van der Waals surface area contributed by atoms with Gasteiger partial charge in [-0.3, -0.25) is 4.79 Å². The molecule has 0 aromatic rings. The van der Waals surface area contributed by atoms with E-state index in [-0.39, 0.29) is 41.6 Å². The molecule has 3 fully saturated rings. The number of fused-ring (bicyclic) bond motifs is 3. The summed E-state index contributed by atoms with van der Waals surface area (Å²) in [5, 5.41) is 1.58. The topological polar surface area (TPSA) is 61.6 Å². The lowest BCUT2D eigenvalue weighted by molar-refractivity contribution is -0.137. The minimum Gasteiger partial charge on any atom is -0.443 e. The highest BCUT2D eigenvalue weighted by molar-refractivity contribution is 7.81. The molecule has 4 nitrogen and oxygen atoms in total. The lowest BCUT2D eigenvalue weighted by Crippen LogP contribution is -2.48. The first-order chi connectivity index (χ1) is 11.4. The van der Waals surface area contributed by atoms with Crippen LogP contribution in [0.15, 0.2) is 0 Å². The Hall–Kier alpha value is -0.500. The molecule has 1 aliphatic carbocycles. The number of nitrogens with two attached hydrogens (primary N) is 1. The quantitative estimate of drug-likeness (QED) is 0.549. The number of rotatable bonds is 1. The summed E-state index contributed by atoms with van der Waals surface area (Å²) in [5.41, 5.74) is 6.31. The van der Waals surface area contributed by atoms with Gasteiger partial charge in [0.2, 0.25) is 0 Å². The molecule has 0 radical (unpaired) electrons. The van der Waals surface area contributed by atoms with Crippen molar-refractivity contribution in [1.29, 1.82) is 0 Å². The van der Waals surface area contributed by atoms with Gasteiger partial charge in [0.25, 0.3) is 0 Å². The van der Waals surface area contributed by atoms with E-state index in [2.05, 4.69) is 0 Å². The van der Waals surface area contributed by atoms with Crippen molar-refractivity contribution in [1.82, 2.24) is 0 Å². The molecule has 132 valence electrons. The highest BCUT2D eigenvalue weighted by atomic mass is 32.1. The Kier molecular flexibility index (Phi) is 5.64. The molecule has 7 heteroatoms. The first-order valence-electron chi connectivity index (χ1n) is 8.66. The maximum Gasteiger partial charge on any atom is 0.315 e. The van der Waals surface area contributed by atoms with Crippen molar-refractivity contribution in [2.75, 3.05) is 0 Å². The van der Waals surface area contributed by atoms with Gasteiger partial charge in [0.15, 0.2) is 15.2 Å². The van der Waals surface area contributed by atoms with Crippen molar-refractivity contribution >= 4 is 57.8 Å². The van der Waals surface area contributed by atoms with E-state index in [9.17, 15) is 4.79 Å². The SMILES string of the molecule is CC(N)C1C2CCCCC3C(=O)OC(=S)C3CCC1C(=S)OC2=S. The van der Waals surface area contributed by atoms with E-state index in [0.717, 1.165) is 38.5 Å². The Morgan fingerprint density at radius 1 is 0.875 bits per heavy atom. The van der Waals surface area contributed by atoms with Crippen molar-refractivity contribution in [3.8, 4) is 0 Å². The molecule has 24 heavy (non-hydrogen) atoms. The summed E-state index contributed by atoms with van der Waals surface area (Å²) in [7, 11) is 0. The average molecular weight is 386 g/mol. The smallest absolute Gasteiger partial charge is 0.315 e. The molecule has 2 saturated heterocycles. The maximum absolute atomic E-state index is 12.1. The molecule has 1 saturated carbocycles. The van der Waals surface area contributed by atoms with Gasteiger partial charge in [-0.2, -0.15) is 0 Å². The summed E-state index contributed by atoms with van der Waals surface area (Å²) >= 11 is 16.2. The Balaban J connectivity index is 1.88. The van der Waals surface area contributed by atoms with E-state index < -0.39 is 0 Å².